The third-order valence-electron chi connectivity index (χ3n) is 3.40. The van der Waals surface area contributed by atoms with Crippen molar-refractivity contribution in [3.8, 4) is 0 Å². The lowest BCUT2D eigenvalue weighted by atomic mass is 9.97. The summed E-state index contributed by atoms with van der Waals surface area (Å²) in [4.78, 5) is 0. The first-order chi connectivity index (χ1) is 8.33. The first-order valence-corrected chi connectivity index (χ1v) is 6.11. The van der Waals surface area contributed by atoms with E-state index in [9.17, 15) is 5.11 Å². The summed E-state index contributed by atoms with van der Waals surface area (Å²) < 4.78 is 5.72. The van der Waals surface area contributed by atoms with Crippen molar-refractivity contribution < 1.29 is 9.84 Å². The lowest BCUT2D eigenvalue weighted by molar-refractivity contribution is -0.0447. The van der Waals surface area contributed by atoms with E-state index in [0.29, 0.717) is 13.0 Å². The van der Waals surface area contributed by atoms with Gasteiger partial charge in [-0.1, -0.05) is 36.4 Å². The second-order valence-electron chi connectivity index (χ2n) is 4.64. The van der Waals surface area contributed by atoms with Gasteiger partial charge in [-0.05, 0) is 28.8 Å². The van der Waals surface area contributed by atoms with Crippen LogP contribution in [0.2, 0.25) is 0 Å². The molecule has 1 N–H and O–H groups in total. The molecule has 1 fully saturated rings. The Kier molecular flexibility index (Phi) is 2.83. The quantitative estimate of drug-likeness (QED) is 0.813. The summed E-state index contributed by atoms with van der Waals surface area (Å²) in [5, 5.41) is 12.1. The molecule has 0 unspecified atom stereocenters. The summed E-state index contributed by atoms with van der Waals surface area (Å²) in [6.45, 7) is 0.651. The number of benzene rings is 2. The zero-order valence-electron chi connectivity index (χ0n) is 9.67. The molecule has 2 atom stereocenters. The smallest absolute Gasteiger partial charge is 0.0849 e. The third kappa shape index (κ3) is 2.19. The topological polar surface area (TPSA) is 29.5 Å². The van der Waals surface area contributed by atoms with E-state index >= 15 is 0 Å². The minimum absolute atomic E-state index is 0.0448. The summed E-state index contributed by atoms with van der Waals surface area (Å²) in [7, 11) is 0. The van der Waals surface area contributed by atoms with Crippen LogP contribution >= 0.6 is 0 Å². The molecule has 2 nitrogen and oxygen atoms in total. The SMILES string of the molecule is O[C@H]1CCO[C@H](c2ccc3ccccc3c2)C1. The van der Waals surface area contributed by atoms with E-state index in [1.165, 1.54) is 16.3 Å². The molecule has 88 valence electrons. The lowest BCUT2D eigenvalue weighted by Crippen LogP contribution is -2.23. The number of hydrogen-bond acceptors (Lipinski definition) is 2. The Morgan fingerprint density at radius 1 is 1.06 bits per heavy atom. The Morgan fingerprint density at radius 3 is 2.71 bits per heavy atom. The van der Waals surface area contributed by atoms with E-state index in [4.69, 9.17) is 4.74 Å². The van der Waals surface area contributed by atoms with Crippen LogP contribution in [0.15, 0.2) is 42.5 Å². The Balaban J connectivity index is 1.94. The highest BCUT2D eigenvalue weighted by Crippen LogP contribution is 2.30. The van der Waals surface area contributed by atoms with Gasteiger partial charge in [-0.15, -0.1) is 0 Å². The van der Waals surface area contributed by atoms with Gasteiger partial charge >= 0.3 is 0 Å². The zero-order valence-corrected chi connectivity index (χ0v) is 9.67. The van der Waals surface area contributed by atoms with Gasteiger partial charge in [-0.25, -0.2) is 0 Å². The summed E-state index contributed by atoms with van der Waals surface area (Å²) in [5.74, 6) is 0. The standard InChI is InChI=1S/C15H16O2/c16-14-7-8-17-15(10-14)13-6-5-11-3-1-2-4-12(11)9-13/h1-6,9,14-16H,7-8,10H2/t14-,15-/m0/s1. The van der Waals surface area contributed by atoms with E-state index in [2.05, 4.69) is 30.3 Å². The second kappa shape index (κ2) is 4.47. The number of rotatable bonds is 1. The molecule has 0 saturated carbocycles. The van der Waals surface area contributed by atoms with Gasteiger partial charge in [0.15, 0.2) is 0 Å². The third-order valence-corrected chi connectivity index (χ3v) is 3.40. The minimum Gasteiger partial charge on any atom is -0.393 e. The Hall–Kier alpha value is -1.38. The molecule has 0 spiro atoms. The van der Waals surface area contributed by atoms with Crippen molar-refractivity contribution >= 4 is 10.8 Å². The lowest BCUT2D eigenvalue weighted by Gasteiger charge is -2.27. The van der Waals surface area contributed by atoms with Crippen LogP contribution in [0.1, 0.15) is 24.5 Å². The number of fused-ring (bicyclic) bond motifs is 1. The van der Waals surface area contributed by atoms with E-state index in [-0.39, 0.29) is 12.2 Å². The molecule has 2 heteroatoms. The molecular formula is C15H16O2. The molecular weight excluding hydrogens is 212 g/mol. The van der Waals surface area contributed by atoms with Crippen molar-refractivity contribution in [2.24, 2.45) is 0 Å². The Labute approximate surface area is 101 Å². The molecule has 1 aliphatic heterocycles. The summed E-state index contributed by atoms with van der Waals surface area (Å²) in [6.07, 6.45) is 1.28. The van der Waals surface area contributed by atoms with Crippen LogP contribution in [0, 0.1) is 0 Å². The second-order valence-corrected chi connectivity index (χ2v) is 4.64. The van der Waals surface area contributed by atoms with Gasteiger partial charge in [0.05, 0.1) is 12.2 Å². The first kappa shape index (κ1) is 10.8. The van der Waals surface area contributed by atoms with Gasteiger partial charge in [-0.2, -0.15) is 0 Å². The Morgan fingerprint density at radius 2 is 1.88 bits per heavy atom. The molecule has 17 heavy (non-hydrogen) atoms. The average Bonchev–Trinajstić information content (AvgIpc) is 2.38. The van der Waals surface area contributed by atoms with Gasteiger partial charge in [0.25, 0.3) is 0 Å². The summed E-state index contributed by atoms with van der Waals surface area (Å²) in [6, 6.07) is 14.7. The molecule has 1 heterocycles. The van der Waals surface area contributed by atoms with Crippen LogP contribution in [-0.4, -0.2) is 17.8 Å². The van der Waals surface area contributed by atoms with Crippen LogP contribution in [0.3, 0.4) is 0 Å². The molecule has 2 aromatic carbocycles. The van der Waals surface area contributed by atoms with E-state index < -0.39 is 0 Å². The largest absolute Gasteiger partial charge is 0.393 e. The van der Waals surface area contributed by atoms with E-state index in [1.807, 2.05) is 12.1 Å². The van der Waals surface area contributed by atoms with Crippen molar-refractivity contribution in [2.75, 3.05) is 6.61 Å². The normalized spacial score (nSPS) is 25.0. The molecule has 1 saturated heterocycles. The predicted molar refractivity (Wildman–Crippen MR) is 67.9 cm³/mol. The molecule has 1 aliphatic rings. The molecule has 0 radical (unpaired) electrons. The highest BCUT2D eigenvalue weighted by Gasteiger charge is 2.22. The number of ether oxygens (including phenoxy) is 1. The van der Waals surface area contributed by atoms with Crippen LogP contribution in [0.25, 0.3) is 10.8 Å². The van der Waals surface area contributed by atoms with E-state index in [0.717, 1.165) is 6.42 Å². The molecule has 0 aromatic heterocycles. The van der Waals surface area contributed by atoms with Crippen LogP contribution < -0.4 is 0 Å². The maximum absolute atomic E-state index is 9.67. The van der Waals surface area contributed by atoms with Crippen LogP contribution in [-0.2, 0) is 4.74 Å². The molecule has 3 rings (SSSR count). The fourth-order valence-corrected chi connectivity index (χ4v) is 2.42. The Bertz CT molecular complexity index is 521. The molecule has 2 aromatic rings. The van der Waals surface area contributed by atoms with Crippen LogP contribution in [0.4, 0.5) is 0 Å². The molecule has 0 aliphatic carbocycles. The predicted octanol–water partition coefficient (Wildman–Crippen LogP) is 3.05. The highest BCUT2D eigenvalue weighted by molar-refractivity contribution is 5.83. The maximum Gasteiger partial charge on any atom is 0.0849 e. The highest BCUT2D eigenvalue weighted by atomic mass is 16.5. The maximum atomic E-state index is 9.67. The van der Waals surface area contributed by atoms with Gasteiger partial charge in [0, 0.05) is 13.0 Å². The summed E-state index contributed by atoms with van der Waals surface area (Å²) >= 11 is 0. The van der Waals surface area contributed by atoms with Crippen molar-refractivity contribution in [3.63, 3.8) is 0 Å². The number of hydrogen-bond donors (Lipinski definition) is 1. The van der Waals surface area contributed by atoms with Gasteiger partial charge in [-0.3, -0.25) is 0 Å². The van der Waals surface area contributed by atoms with Gasteiger partial charge in [0.1, 0.15) is 0 Å². The van der Waals surface area contributed by atoms with Crippen LogP contribution in [0.5, 0.6) is 0 Å². The molecule has 0 bridgehead atoms. The fourth-order valence-electron chi connectivity index (χ4n) is 2.42. The van der Waals surface area contributed by atoms with E-state index in [1.54, 1.807) is 0 Å². The van der Waals surface area contributed by atoms with Crippen molar-refractivity contribution in [2.45, 2.75) is 25.0 Å². The molecule has 0 amide bonds. The monoisotopic (exact) mass is 228 g/mol. The zero-order chi connectivity index (χ0) is 11.7. The van der Waals surface area contributed by atoms with Crippen molar-refractivity contribution in [1.82, 2.24) is 0 Å². The van der Waals surface area contributed by atoms with Gasteiger partial charge < -0.3 is 9.84 Å². The first-order valence-electron chi connectivity index (χ1n) is 6.11. The summed E-state index contributed by atoms with van der Waals surface area (Å²) in [5.41, 5.74) is 1.17. The van der Waals surface area contributed by atoms with Crippen molar-refractivity contribution in [3.05, 3.63) is 48.0 Å². The number of aliphatic hydroxyl groups excluding tert-OH is 1. The minimum atomic E-state index is -0.222. The van der Waals surface area contributed by atoms with Crippen molar-refractivity contribution in [1.29, 1.82) is 0 Å². The number of aliphatic hydroxyl groups is 1. The van der Waals surface area contributed by atoms with Gasteiger partial charge in [0.2, 0.25) is 0 Å². The fraction of sp³-hybridized carbons (Fsp3) is 0.333. The average molecular weight is 228 g/mol.